The molecule has 1 aliphatic heterocycles. The first-order chi connectivity index (χ1) is 7.68. The molecule has 0 aliphatic carbocycles. The highest BCUT2D eigenvalue weighted by atomic mass is 16.5. The Kier molecular flexibility index (Phi) is 3.56. The molecule has 2 N–H and O–H groups in total. The van der Waals surface area contributed by atoms with Crippen LogP contribution in [0.5, 0.6) is 0 Å². The zero-order valence-electron chi connectivity index (χ0n) is 10.0. The molecule has 0 amide bonds. The highest BCUT2D eigenvalue weighted by Gasteiger charge is 2.30. The fourth-order valence-electron chi connectivity index (χ4n) is 2.42. The van der Waals surface area contributed by atoms with Crippen LogP contribution in [0.4, 0.5) is 0 Å². The fraction of sp³-hybridized carbons (Fsp3) is 0.615. The summed E-state index contributed by atoms with van der Waals surface area (Å²) < 4.78 is 5.55. The van der Waals surface area contributed by atoms with Crippen LogP contribution < -0.4 is 5.73 Å². The fourth-order valence-corrected chi connectivity index (χ4v) is 2.42. The van der Waals surface area contributed by atoms with Gasteiger partial charge in [0.25, 0.3) is 0 Å². The van der Waals surface area contributed by atoms with Gasteiger partial charge in [0.1, 0.15) is 0 Å². The molecule has 3 nitrogen and oxygen atoms in total. The third-order valence-electron chi connectivity index (χ3n) is 3.53. The minimum atomic E-state index is 0.158. The van der Waals surface area contributed by atoms with Crippen molar-refractivity contribution in [1.82, 2.24) is 4.98 Å². The zero-order valence-corrected chi connectivity index (χ0v) is 10.0. The van der Waals surface area contributed by atoms with E-state index in [2.05, 4.69) is 24.9 Å². The Hall–Kier alpha value is -0.930. The minimum absolute atomic E-state index is 0.158. The van der Waals surface area contributed by atoms with Gasteiger partial charge in [-0.3, -0.25) is 4.98 Å². The van der Waals surface area contributed by atoms with Crippen LogP contribution in [0.15, 0.2) is 18.3 Å². The Morgan fingerprint density at radius 3 is 3.06 bits per heavy atom. The maximum absolute atomic E-state index is 6.25. The van der Waals surface area contributed by atoms with Gasteiger partial charge in [-0.1, -0.05) is 6.07 Å². The second kappa shape index (κ2) is 4.93. The molecule has 1 aromatic heterocycles. The molecular formula is C13H20N2O. The van der Waals surface area contributed by atoms with Crippen LogP contribution >= 0.6 is 0 Å². The molecule has 1 saturated heterocycles. The molecule has 88 valence electrons. The Morgan fingerprint density at radius 2 is 2.44 bits per heavy atom. The molecule has 0 bridgehead atoms. The summed E-state index contributed by atoms with van der Waals surface area (Å²) in [5.41, 5.74) is 8.60. The predicted octanol–water partition coefficient (Wildman–Crippen LogP) is 1.68. The highest BCUT2D eigenvalue weighted by Crippen LogP contribution is 2.24. The summed E-state index contributed by atoms with van der Waals surface area (Å²) in [6.45, 7) is 5.05. The molecule has 1 fully saturated rings. The predicted molar refractivity (Wildman–Crippen MR) is 64.2 cm³/mol. The second-order valence-electron chi connectivity index (χ2n) is 4.66. The number of hydrogen-bond donors (Lipinski definition) is 1. The summed E-state index contributed by atoms with van der Waals surface area (Å²) >= 11 is 0. The number of ether oxygens (including phenoxy) is 1. The van der Waals surface area contributed by atoms with Gasteiger partial charge in [0.15, 0.2) is 0 Å². The Morgan fingerprint density at radius 1 is 1.62 bits per heavy atom. The summed E-state index contributed by atoms with van der Waals surface area (Å²) in [6, 6.07) is 4.21. The van der Waals surface area contributed by atoms with Crippen molar-refractivity contribution in [3.05, 3.63) is 29.6 Å². The lowest BCUT2D eigenvalue weighted by atomic mass is 9.90. The third-order valence-corrected chi connectivity index (χ3v) is 3.53. The lowest BCUT2D eigenvalue weighted by molar-refractivity contribution is 0.0994. The topological polar surface area (TPSA) is 48.1 Å². The molecule has 1 aromatic rings. The number of rotatable bonds is 3. The normalized spacial score (nSPS) is 26.9. The third kappa shape index (κ3) is 2.42. The molecule has 3 atom stereocenters. The summed E-state index contributed by atoms with van der Waals surface area (Å²) in [5.74, 6) is 0.474. The Labute approximate surface area is 97.0 Å². The van der Waals surface area contributed by atoms with Gasteiger partial charge in [-0.25, -0.2) is 0 Å². The maximum Gasteiger partial charge on any atom is 0.0590 e. The summed E-state index contributed by atoms with van der Waals surface area (Å²) in [5, 5.41) is 0. The lowest BCUT2D eigenvalue weighted by Crippen LogP contribution is -2.36. The number of aryl methyl sites for hydroxylation is 1. The first kappa shape index (κ1) is 11.6. The molecular weight excluding hydrogens is 200 g/mol. The average molecular weight is 220 g/mol. The molecule has 2 heterocycles. The van der Waals surface area contributed by atoms with E-state index < -0.39 is 0 Å². The Bertz CT molecular complexity index is 354. The van der Waals surface area contributed by atoms with Crippen LogP contribution in [0.3, 0.4) is 0 Å². The number of nitrogens with two attached hydrogens (primary N) is 1. The van der Waals surface area contributed by atoms with Gasteiger partial charge in [-0.05, 0) is 31.9 Å². The van der Waals surface area contributed by atoms with Crippen LogP contribution in [-0.2, 0) is 11.2 Å². The monoisotopic (exact) mass is 220 g/mol. The largest absolute Gasteiger partial charge is 0.378 e. The van der Waals surface area contributed by atoms with Crippen molar-refractivity contribution in [2.75, 3.05) is 6.61 Å². The van der Waals surface area contributed by atoms with E-state index in [0.29, 0.717) is 12.0 Å². The van der Waals surface area contributed by atoms with Crippen molar-refractivity contribution >= 4 is 0 Å². The number of pyridine rings is 1. The molecule has 3 heteroatoms. The van der Waals surface area contributed by atoms with Crippen LogP contribution in [0.2, 0.25) is 0 Å². The number of nitrogens with zero attached hydrogens (tertiary/aromatic N) is 1. The molecule has 0 saturated carbocycles. The standard InChI is InChI=1S/C13H20N2O/c1-9-4-3-6-15-13(9)8-12(14)11-5-7-16-10(11)2/h3-4,6,10-12H,5,7-8,14H2,1-2H3. The second-order valence-corrected chi connectivity index (χ2v) is 4.66. The van der Waals surface area contributed by atoms with Crippen LogP contribution in [0, 0.1) is 12.8 Å². The quantitative estimate of drug-likeness (QED) is 0.843. The average Bonchev–Trinajstić information content (AvgIpc) is 2.68. The van der Waals surface area contributed by atoms with E-state index in [-0.39, 0.29) is 6.04 Å². The zero-order chi connectivity index (χ0) is 11.5. The van der Waals surface area contributed by atoms with Crippen LogP contribution in [0.1, 0.15) is 24.6 Å². The summed E-state index contributed by atoms with van der Waals surface area (Å²) in [4.78, 5) is 4.39. The van der Waals surface area contributed by atoms with Gasteiger partial charge >= 0.3 is 0 Å². The van der Waals surface area contributed by atoms with E-state index >= 15 is 0 Å². The van der Waals surface area contributed by atoms with E-state index in [1.54, 1.807) is 0 Å². The van der Waals surface area contributed by atoms with E-state index in [9.17, 15) is 0 Å². The Balaban J connectivity index is 2.02. The van der Waals surface area contributed by atoms with E-state index in [0.717, 1.165) is 25.1 Å². The first-order valence-corrected chi connectivity index (χ1v) is 5.96. The van der Waals surface area contributed by atoms with Crippen molar-refractivity contribution < 1.29 is 4.74 Å². The number of aromatic nitrogens is 1. The maximum atomic E-state index is 6.25. The van der Waals surface area contributed by atoms with E-state index in [4.69, 9.17) is 10.5 Å². The van der Waals surface area contributed by atoms with Gasteiger partial charge in [0.2, 0.25) is 0 Å². The smallest absolute Gasteiger partial charge is 0.0590 e. The van der Waals surface area contributed by atoms with Crippen molar-refractivity contribution in [2.24, 2.45) is 11.7 Å². The van der Waals surface area contributed by atoms with Crippen molar-refractivity contribution in [3.63, 3.8) is 0 Å². The molecule has 0 spiro atoms. The molecule has 0 radical (unpaired) electrons. The first-order valence-electron chi connectivity index (χ1n) is 5.96. The summed E-state index contributed by atoms with van der Waals surface area (Å²) in [7, 11) is 0. The molecule has 16 heavy (non-hydrogen) atoms. The van der Waals surface area contributed by atoms with Gasteiger partial charge in [-0.15, -0.1) is 0 Å². The van der Waals surface area contributed by atoms with Crippen molar-refractivity contribution in [3.8, 4) is 0 Å². The van der Waals surface area contributed by atoms with E-state index in [1.807, 2.05) is 12.3 Å². The highest BCUT2D eigenvalue weighted by molar-refractivity contribution is 5.18. The summed E-state index contributed by atoms with van der Waals surface area (Å²) in [6.07, 6.45) is 4.06. The molecule has 3 unspecified atom stereocenters. The van der Waals surface area contributed by atoms with Gasteiger partial charge in [0.05, 0.1) is 6.10 Å². The SMILES string of the molecule is Cc1cccnc1CC(N)C1CCOC1C. The molecule has 0 aromatic carbocycles. The van der Waals surface area contributed by atoms with E-state index in [1.165, 1.54) is 5.56 Å². The van der Waals surface area contributed by atoms with Gasteiger partial charge < -0.3 is 10.5 Å². The molecule has 1 aliphatic rings. The van der Waals surface area contributed by atoms with Crippen LogP contribution in [-0.4, -0.2) is 23.7 Å². The van der Waals surface area contributed by atoms with Gasteiger partial charge in [-0.2, -0.15) is 0 Å². The van der Waals surface area contributed by atoms with Crippen LogP contribution in [0.25, 0.3) is 0 Å². The minimum Gasteiger partial charge on any atom is -0.378 e. The molecule has 2 rings (SSSR count). The van der Waals surface area contributed by atoms with Gasteiger partial charge in [0, 0.05) is 36.9 Å². The lowest BCUT2D eigenvalue weighted by Gasteiger charge is -2.22. The van der Waals surface area contributed by atoms with Crippen molar-refractivity contribution in [1.29, 1.82) is 0 Å². The number of hydrogen-bond acceptors (Lipinski definition) is 3. The van der Waals surface area contributed by atoms with Crippen molar-refractivity contribution in [2.45, 2.75) is 38.8 Å².